The Labute approximate surface area is 170 Å². The molecule has 0 bridgehead atoms. The molecule has 6 heteroatoms. The molecular weight excluding hydrogens is 360 g/mol. The number of Topliss-reactive ketones (excluding diaryl/α,β-unsaturated/α-hetero) is 1. The van der Waals surface area contributed by atoms with Crippen LogP contribution in [0.4, 0.5) is 0 Å². The Morgan fingerprint density at radius 1 is 0.821 bits per heavy atom. The lowest BCUT2D eigenvalue weighted by atomic mass is 9.95. The number of unbranched alkanes of at least 4 members (excludes halogenated alkanes) is 9. The number of carbonyl (C=O) groups excluding carboxylic acids is 2. The zero-order valence-corrected chi connectivity index (χ0v) is 18.0. The number of hydrogen-bond acceptors (Lipinski definition) is 5. The number of rotatable bonds is 18. The first-order valence-corrected chi connectivity index (χ1v) is 10.9. The van der Waals surface area contributed by atoms with Gasteiger partial charge in [0.05, 0.1) is 6.42 Å². The first kappa shape index (κ1) is 26.6. The van der Waals surface area contributed by atoms with Gasteiger partial charge in [0.2, 0.25) is 5.60 Å². The highest BCUT2D eigenvalue weighted by Crippen LogP contribution is 2.21. The number of aliphatic hydroxyl groups is 1. The molecule has 0 rings (SSSR count). The Hall–Kier alpha value is -1.43. The van der Waals surface area contributed by atoms with E-state index in [-0.39, 0.29) is 6.10 Å². The predicted octanol–water partition coefficient (Wildman–Crippen LogP) is 4.80. The molecule has 0 aliphatic rings. The third-order valence-corrected chi connectivity index (χ3v) is 5.11. The first-order chi connectivity index (χ1) is 13.3. The minimum atomic E-state index is -2.60. The van der Waals surface area contributed by atoms with Crippen molar-refractivity contribution in [2.75, 3.05) is 0 Å². The lowest BCUT2D eigenvalue weighted by Crippen LogP contribution is -2.49. The van der Waals surface area contributed by atoms with Gasteiger partial charge in [0.15, 0.2) is 5.78 Å². The van der Waals surface area contributed by atoms with Gasteiger partial charge in [0, 0.05) is 0 Å². The molecule has 0 heterocycles. The summed E-state index contributed by atoms with van der Waals surface area (Å²) in [7, 11) is 0. The molecule has 28 heavy (non-hydrogen) atoms. The summed E-state index contributed by atoms with van der Waals surface area (Å²) in [5, 5.41) is 19.2. The standard InChI is InChI=1S/C22H40O6/c1-4-6-8-10-12-14-16-19(15-13-11-9-7-5-2)28-21(26)22(27,18(3)23)17-20(24)25/h19,27H,4-17H2,1-3H3,(H,24,25). The number of carboxylic acids is 1. The Bertz CT molecular complexity index is 462. The summed E-state index contributed by atoms with van der Waals surface area (Å²) < 4.78 is 5.44. The van der Waals surface area contributed by atoms with Crippen LogP contribution in [0.2, 0.25) is 0 Å². The molecule has 0 saturated heterocycles. The summed E-state index contributed by atoms with van der Waals surface area (Å²) >= 11 is 0. The molecule has 0 aromatic rings. The molecular formula is C22H40O6. The topological polar surface area (TPSA) is 101 Å². The maximum Gasteiger partial charge on any atom is 0.346 e. The van der Waals surface area contributed by atoms with E-state index >= 15 is 0 Å². The highest BCUT2D eigenvalue weighted by molar-refractivity contribution is 6.08. The van der Waals surface area contributed by atoms with Crippen molar-refractivity contribution in [3.05, 3.63) is 0 Å². The van der Waals surface area contributed by atoms with E-state index in [1.54, 1.807) is 0 Å². The zero-order valence-electron chi connectivity index (χ0n) is 18.0. The maximum atomic E-state index is 12.4. The first-order valence-electron chi connectivity index (χ1n) is 10.9. The van der Waals surface area contributed by atoms with Crippen LogP contribution >= 0.6 is 0 Å². The molecule has 0 spiro atoms. The summed E-state index contributed by atoms with van der Waals surface area (Å²) in [6.45, 7) is 5.33. The van der Waals surface area contributed by atoms with E-state index in [2.05, 4.69) is 13.8 Å². The highest BCUT2D eigenvalue weighted by Gasteiger charge is 2.45. The number of ether oxygens (including phenoxy) is 1. The maximum absolute atomic E-state index is 12.4. The monoisotopic (exact) mass is 400 g/mol. The normalized spacial score (nSPS) is 14.3. The minimum Gasteiger partial charge on any atom is -0.481 e. The Kier molecular flexibility index (Phi) is 14.7. The number of ketones is 1. The van der Waals surface area contributed by atoms with Crippen molar-refractivity contribution in [1.29, 1.82) is 0 Å². The molecule has 2 atom stereocenters. The van der Waals surface area contributed by atoms with Gasteiger partial charge in [0.25, 0.3) is 0 Å². The lowest BCUT2D eigenvalue weighted by molar-refractivity contribution is -0.179. The van der Waals surface area contributed by atoms with Gasteiger partial charge in [-0.25, -0.2) is 4.79 Å². The van der Waals surface area contributed by atoms with E-state index in [0.717, 1.165) is 51.9 Å². The number of esters is 1. The molecule has 164 valence electrons. The van der Waals surface area contributed by atoms with E-state index in [9.17, 15) is 19.5 Å². The second kappa shape index (κ2) is 15.5. The van der Waals surface area contributed by atoms with E-state index in [1.165, 1.54) is 25.7 Å². The van der Waals surface area contributed by atoms with Crippen molar-refractivity contribution < 1.29 is 29.3 Å². The van der Waals surface area contributed by atoms with Gasteiger partial charge in [-0.3, -0.25) is 9.59 Å². The molecule has 0 fully saturated rings. The van der Waals surface area contributed by atoms with Crippen LogP contribution < -0.4 is 0 Å². The summed E-state index contributed by atoms with van der Waals surface area (Å²) in [6.07, 6.45) is 12.1. The smallest absolute Gasteiger partial charge is 0.346 e. The molecule has 2 unspecified atom stereocenters. The number of aliphatic carboxylic acids is 1. The Morgan fingerprint density at radius 3 is 1.64 bits per heavy atom. The third-order valence-electron chi connectivity index (χ3n) is 5.11. The average Bonchev–Trinajstić information content (AvgIpc) is 2.63. The fourth-order valence-corrected chi connectivity index (χ4v) is 3.20. The number of carbonyl (C=O) groups is 3. The van der Waals surface area contributed by atoms with Gasteiger partial charge in [0.1, 0.15) is 6.10 Å². The van der Waals surface area contributed by atoms with Crippen LogP contribution in [0, 0.1) is 0 Å². The van der Waals surface area contributed by atoms with Crippen molar-refractivity contribution in [3.63, 3.8) is 0 Å². The third kappa shape index (κ3) is 11.4. The van der Waals surface area contributed by atoms with Crippen molar-refractivity contribution in [3.8, 4) is 0 Å². The average molecular weight is 401 g/mol. The minimum absolute atomic E-state index is 0.389. The second-order valence-corrected chi connectivity index (χ2v) is 7.77. The predicted molar refractivity (Wildman–Crippen MR) is 109 cm³/mol. The summed E-state index contributed by atoms with van der Waals surface area (Å²) in [6, 6.07) is 0. The second-order valence-electron chi connectivity index (χ2n) is 7.77. The van der Waals surface area contributed by atoms with Crippen molar-refractivity contribution in [2.45, 2.75) is 122 Å². The molecule has 2 N–H and O–H groups in total. The van der Waals surface area contributed by atoms with Crippen molar-refractivity contribution in [2.24, 2.45) is 0 Å². The zero-order chi connectivity index (χ0) is 21.4. The van der Waals surface area contributed by atoms with Crippen molar-refractivity contribution in [1.82, 2.24) is 0 Å². The largest absolute Gasteiger partial charge is 0.481 e. The number of hydrogen-bond donors (Lipinski definition) is 2. The van der Waals surface area contributed by atoms with Gasteiger partial charge >= 0.3 is 11.9 Å². The van der Waals surface area contributed by atoms with E-state index < -0.39 is 29.7 Å². The van der Waals surface area contributed by atoms with E-state index in [4.69, 9.17) is 9.84 Å². The fourth-order valence-electron chi connectivity index (χ4n) is 3.20. The molecule has 0 radical (unpaired) electrons. The van der Waals surface area contributed by atoms with E-state index in [0.29, 0.717) is 12.8 Å². The summed E-state index contributed by atoms with van der Waals surface area (Å²) in [5.41, 5.74) is -2.60. The van der Waals surface area contributed by atoms with Gasteiger partial charge in [-0.2, -0.15) is 0 Å². The quantitative estimate of drug-likeness (QED) is 0.195. The molecule has 0 aromatic carbocycles. The van der Waals surface area contributed by atoms with Crippen molar-refractivity contribution >= 4 is 17.7 Å². The summed E-state index contributed by atoms with van der Waals surface area (Å²) in [5.74, 6) is -3.45. The molecule has 0 aliphatic heterocycles. The molecule has 0 aliphatic carbocycles. The lowest BCUT2D eigenvalue weighted by Gasteiger charge is -2.25. The van der Waals surface area contributed by atoms with Crippen LogP contribution in [0.5, 0.6) is 0 Å². The Morgan fingerprint density at radius 2 is 1.25 bits per heavy atom. The van der Waals surface area contributed by atoms with Gasteiger partial charge in [-0.05, 0) is 32.6 Å². The van der Waals surface area contributed by atoms with Gasteiger partial charge < -0.3 is 14.9 Å². The van der Waals surface area contributed by atoms with Crippen LogP contribution in [-0.4, -0.2) is 39.6 Å². The molecule has 0 saturated carbocycles. The fraction of sp³-hybridized carbons (Fsp3) is 0.864. The number of carboxylic acid groups (broad SMARTS) is 1. The molecule has 0 aromatic heterocycles. The van der Waals surface area contributed by atoms with Crippen LogP contribution in [0.25, 0.3) is 0 Å². The van der Waals surface area contributed by atoms with Crippen LogP contribution in [-0.2, 0) is 19.1 Å². The van der Waals surface area contributed by atoms with Gasteiger partial charge in [-0.1, -0.05) is 71.6 Å². The van der Waals surface area contributed by atoms with Crippen LogP contribution in [0.3, 0.4) is 0 Å². The molecule has 0 amide bonds. The van der Waals surface area contributed by atoms with Gasteiger partial charge in [-0.15, -0.1) is 0 Å². The highest BCUT2D eigenvalue weighted by atomic mass is 16.6. The van der Waals surface area contributed by atoms with E-state index in [1.807, 2.05) is 0 Å². The van der Waals surface area contributed by atoms with Crippen LogP contribution in [0.1, 0.15) is 111 Å². The SMILES string of the molecule is CCCCCCCCC(CCCCCCC)OC(=O)C(O)(CC(=O)O)C(C)=O. The summed E-state index contributed by atoms with van der Waals surface area (Å²) in [4.78, 5) is 35.1. The Balaban J connectivity index is 4.74. The molecule has 6 nitrogen and oxygen atoms in total. The van der Waals surface area contributed by atoms with Crippen LogP contribution in [0.15, 0.2) is 0 Å².